The van der Waals surface area contributed by atoms with Crippen LogP contribution in [0.3, 0.4) is 0 Å². The number of nitrogens with one attached hydrogen (secondary N) is 1. The summed E-state index contributed by atoms with van der Waals surface area (Å²) in [6.45, 7) is 4.46. The van der Waals surface area contributed by atoms with Crippen LogP contribution in [-0.4, -0.2) is 16.6 Å². The van der Waals surface area contributed by atoms with Crippen molar-refractivity contribution in [1.29, 1.82) is 0 Å². The molecule has 74 valence electrons. The standard InChI is InChI=1S/C10H19N3/c1-8(2)7-9(11-3)10-12-5-6-13(10)4/h5-6,8-9,11H,7H2,1-4H3. The van der Waals surface area contributed by atoms with Gasteiger partial charge in [-0.3, -0.25) is 0 Å². The van der Waals surface area contributed by atoms with Gasteiger partial charge in [0.15, 0.2) is 0 Å². The molecular formula is C10H19N3. The first-order chi connectivity index (χ1) is 6.15. The largest absolute Gasteiger partial charge is 0.337 e. The second-order valence-electron chi connectivity index (χ2n) is 3.87. The van der Waals surface area contributed by atoms with E-state index in [1.54, 1.807) is 0 Å². The molecule has 13 heavy (non-hydrogen) atoms. The molecule has 0 amide bonds. The maximum Gasteiger partial charge on any atom is 0.125 e. The Morgan fingerprint density at radius 1 is 1.54 bits per heavy atom. The van der Waals surface area contributed by atoms with Crippen molar-refractivity contribution in [3.63, 3.8) is 0 Å². The van der Waals surface area contributed by atoms with Gasteiger partial charge in [-0.25, -0.2) is 4.98 Å². The van der Waals surface area contributed by atoms with E-state index >= 15 is 0 Å². The maximum atomic E-state index is 4.34. The minimum Gasteiger partial charge on any atom is -0.337 e. The van der Waals surface area contributed by atoms with Crippen molar-refractivity contribution in [3.05, 3.63) is 18.2 Å². The Labute approximate surface area is 80.2 Å². The van der Waals surface area contributed by atoms with Crippen LogP contribution in [0.15, 0.2) is 12.4 Å². The Balaban J connectivity index is 2.72. The molecular weight excluding hydrogens is 162 g/mol. The van der Waals surface area contributed by atoms with Gasteiger partial charge in [0.05, 0.1) is 6.04 Å². The van der Waals surface area contributed by atoms with Crippen molar-refractivity contribution in [2.24, 2.45) is 13.0 Å². The number of aryl methyl sites for hydroxylation is 1. The van der Waals surface area contributed by atoms with E-state index in [0.717, 1.165) is 12.2 Å². The molecule has 0 aliphatic heterocycles. The average molecular weight is 181 g/mol. The third-order valence-corrected chi connectivity index (χ3v) is 2.23. The summed E-state index contributed by atoms with van der Waals surface area (Å²) in [5, 5.41) is 3.29. The fourth-order valence-electron chi connectivity index (χ4n) is 1.54. The van der Waals surface area contributed by atoms with Crippen LogP contribution in [0.5, 0.6) is 0 Å². The zero-order valence-electron chi connectivity index (χ0n) is 8.91. The van der Waals surface area contributed by atoms with E-state index in [-0.39, 0.29) is 0 Å². The Hall–Kier alpha value is -0.830. The highest BCUT2D eigenvalue weighted by Crippen LogP contribution is 2.18. The highest BCUT2D eigenvalue weighted by atomic mass is 15.1. The van der Waals surface area contributed by atoms with Gasteiger partial charge in [0, 0.05) is 19.4 Å². The van der Waals surface area contributed by atoms with Crippen LogP contribution in [0.25, 0.3) is 0 Å². The fourth-order valence-corrected chi connectivity index (χ4v) is 1.54. The molecule has 1 N–H and O–H groups in total. The second kappa shape index (κ2) is 4.42. The average Bonchev–Trinajstić information content (AvgIpc) is 2.47. The summed E-state index contributed by atoms with van der Waals surface area (Å²) in [4.78, 5) is 4.34. The van der Waals surface area contributed by atoms with Crippen molar-refractivity contribution < 1.29 is 0 Å². The van der Waals surface area contributed by atoms with Gasteiger partial charge in [0.2, 0.25) is 0 Å². The van der Waals surface area contributed by atoms with Crippen molar-refractivity contribution in [2.45, 2.75) is 26.3 Å². The Morgan fingerprint density at radius 3 is 2.62 bits per heavy atom. The molecule has 1 aromatic rings. The Morgan fingerprint density at radius 2 is 2.23 bits per heavy atom. The van der Waals surface area contributed by atoms with Gasteiger partial charge in [0.25, 0.3) is 0 Å². The van der Waals surface area contributed by atoms with Gasteiger partial charge in [0.1, 0.15) is 5.82 Å². The van der Waals surface area contributed by atoms with Crippen LogP contribution in [0, 0.1) is 5.92 Å². The van der Waals surface area contributed by atoms with Crippen LogP contribution < -0.4 is 5.32 Å². The number of hydrogen-bond donors (Lipinski definition) is 1. The molecule has 0 saturated heterocycles. The quantitative estimate of drug-likeness (QED) is 0.766. The van der Waals surface area contributed by atoms with Crippen LogP contribution in [0.4, 0.5) is 0 Å². The van der Waals surface area contributed by atoms with Gasteiger partial charge in [-0.1, -0.05) is 13.8 Å². The summed E-state index contributed by atoms with van der Waals surface area (Å²) in [6, 6.07) is 0.375. The molecule has 1 heterocycles. The minimum atomic E-state index is 0.375. The molecule has 1 aromatic heterocycles. The smallest absolute Gasteiger partial charge is 0.125 e. The summed E-state index contributed by atoms with van der Waals surface area (Å²) in [6.07, 6.45) is 4.96. The highest BCUT2D eigenvalue weighted by molar-refractivity contribution is 4.98. The number of nitrogens with zero attached hydrogens (tertiary/aromatic N) is 2. The third kappa shape index (κ3) is 2.56. The van der Waals surface area contributed by atoms with Gasteiger partial charge in [-0.05, 0) is 19.4 Å². The molecule has 3 nitrogen and oxygen atoms in total. The molecule has 0 aliphatic carbocycles. The lowest BCUT2D eigenvalue weighted by atomic mass is 10.0. The van der Waals surface area contributed by atoms with Gasteiger partial charge in [-0.15, -0.1) is 0 Å². The zero-order valence-corrected chi connectivity index (χ0v) is 8.91. The molecule has 0 radical (unpaired) electrons. The minimum absolute atomic E-state index is 0.375. The summed E-state index contributed by atoms with van der Waals surface area (Å²) < 4.78 is 2.07. The van der Waals surface area contributed by atoms with E-state index < -0.39 is 0 Å². The van der Waals surface area contributed by atoms with E-state index in [2.05, 4.69) is 28.7 Å². The molecule has 0 aromatic carbocycles. The Kier molecular flexibility index (Phi) is 3.48. The lowest BCUT2D eigenvalue weighted by Gasteiger charge is -2.17. The van der Waals surface area contributed by atoms with Gasteiger partial charge >= 0.3 is 0 Å². The van der Waals surface area contributed by atoms with Gasteiger partial charge in [-0.2, -0.15) is 0 Å². The van der Waals surface area contributed by atoms with E-state index in [9.17, 15) is 0 Å². The van der Waals surface area contributed by atoms with Crippen LogP contribution in [0.1, 0.15) is 32.1 Å². The van der Waals surface area contributed by atoms with E-state index in [4.69, 9.17) is 0 Å². The molecule has 3 heteroatoms. The number of hydrogen-bond acceptors (Lipinski definition) is 2. The molecule has 0 bridgehead atoms. The van der Waals surface area contributed by atoms with Crippen LogP contribution in [-0.2, 0) is 7.05 Å². The fraction of sp³-hybridized carbons (Fsp3) is 0.700. The van der Waals surface area contributed by atoms with Crippen molar-refractivity contribution in [3.8, 4) is 0 Å². The molecule has 1 unspecified atom stereocenters. The van der Waals surface area contributed by atoms with Crippen molar-refractivity contribution in [2.75, 3.05) is 7.05 Å². The van der Waals surface area contributed by atoms with Crippen LogP contribution in [0.2, 0.25) is 0 Å². The first kappa shape index (κ1) is 10.3. The summed E-state index contributed by atoms with van der Waals surface area (Å²) in [7, 11) is 4.02. The summed E-state index contributed by atoms with van der Waals surface area (Å²) >= 11 is 0. The lowest BCUT2D eigenvalue weighted by Crippen LogP contribution is -2.21. The van der Waals surface area contributed by atoms with Crippen molar-refractivity contribution in [1.82, 2.24) is 14.9 Å². The normalized spacial score (nSPS) is 13.6. The third-order valence-electron chi connectivity index (χ3n) is 2.23. The molecule has 0 spiro atoms. The first-order valence-electron chi connectivity index (χ1n) is 4.79. The molecule has 1 rings (SSSR count). The Bertz CT molecular complexity index is 252. The van der Waals surface area contributed by atoms with E-state index in [1.165, 1.54) is 0 Å². The highest BCUT2D eigenvalue weighted by Gasteiger charge is 2.14. The van der Waals surface area contributed by atoms with E-state index in [1.807, 2.05) is 26.5 Å². The molecule has 0 saturated carbocycles. The topological polar surface area (TPSA) is 29.9 Å². The summed E-state index contributed by atoms with van der Waals surface area (Å²) in [5.41, 5.74) is 0. The summed E-state index contributed by atoms with van der Waals surface area (Å²) in [5.74, 6) is 1.81. The van der Waals surface area contributed by atoms with Crippen molar-refractivity contribution >= 4 is 0 Å². The number of imidazole rings is 1. The number of rotatable bonds is 4. The maximum absolute atomic E-state index is 4.34. The second-order valence-corrected chi connectivity index (χ2v) is 3.87. The predicted molar refractivity (Wildman–Crippen MR) is 54.5 cm³/mol. The number of aromatic nitrogens is 2. The monoisotopic (exact) mass is 181 g/mol. The van der Waals surface area contributed by atoms with E-state index in [0.29, 0.717) is 12.0 Å². The molecule has 0 aliphatic rings. The SMILES string of the molecule is CNC(CC(C)C)c1nccn1C. The predicted octanol–water partition coefficient (Wildman–Crippen LogP) is 1.73. The van der Waals surface area contributed by atoms with Gasteiger partial charge < -0.3 is 9.88 Å². The molecule has 1 atom stereocenters. The molecule has 0 fully saturated rings. The zero-order chi connectivity index (χ0) is 9.84. The lowest BCUT2D eigenvalue weighted by molar-refractivity contribution is 0.431. The first-order valence-corrected chi connectivity index (χ1v) is 4.79. The van der Waals surface area contributed by atoms with Crippen LogP contribution >= 0.6 is 0 Å².